The number of aliphatic hydroxyl groups is 1. The highest BCUT2D eigenvalue weighted by atomic mass is 16.3. The van der Waals surface area contributed by atoms with Crippen molar-refractivity contribution in [3.63, 3.8) is 0 Å². The number of hydrogen-bond donors (Lipinski definition) is 1. The lowest BCUT2D eigenvalue weighted by atomic mass is 10.2. The van der Waals surface area contributed by atoms with Crippen molar-refractivity contribution in [2.45, 2.75) is 65.3 Å². The molecular weight excluding hydrogens is 186 g/mol. The molecule has 0 bridgehead atoms. The van der Waals surface area contributed by atoms with Gasteiger partial charge in [-0.05, 0) is 32.9 Å². The van der Waals surface area contributed by atoms with Gasteiger partial charge in [-0.2, -0.15) is 0 Å². The van der Waals surface area contributed by atoms with Crippen LogP contribution in [0.25, 0.3) is 0 Å². The zero-order valence-corrected chi connectivity index (χ0v) is 10.8. The number of rotatable bonds is 10. The SMILES string of the molecule is CCCCCN(CCCCC)C(C)CO. The van der Waals surface area contributed by atoms with E-state index in [9.17, 15) is 5.11 Å². The summed E-state index contributed by atoms with van der Waals surface area (Å²) in [7, 11) is 0. The largest absolute Gasteiger partial charge is 0.395 e. The van der Waals surface area contributed by atoms with Crippen molar-refractivity contribution in [2.75, 3.05) is 19.7 Å². The maximum absolute atomic E-state index is 9.18. The van der Waals surface area contributed by atoms with E-state index >= 15 is 0 Å². The predicted octanol–water partition coefficient (Wildman–Crippen LogP) is 3.05. The molecule has 0 aliphatic heterocycles. The van der Waals surface area contributed by atoms with E-state index in [2.05, 4.69) is 25.7 Å². The van der Waals surface area contributed by atoms with Crippen molar-refractivity contribution in [2.24, 2.45) is 0 Å². The molecule has 0 aliphatic rings. The fourth-order valence-electron chi connectivity index (χ4n) is 1.80. The Morgan fingerprint density at radius 1 is 0.933 bits per heavy atom. The van der Waals surface area contributed by atoms with Gasteiger partial charge in [-0.3, -0.25) is 4.90 Å². The van der Waals surface area contributed by atoms with Gasteiger partial charge in [0.2, 0.25) is 0 Å². The molecule has 0 amide bonds. The van der Waals surface area contributed by atoms with Crippen LogP contribution in [0, 0.1) is 0 Å². The fraction of sp³-hybridized carbons (Fsp3) is 1.00. The highest BCUT2D eigenvalue weighted by Gasteiger charge is 2.11. The van der Waals surface area contributed by atoms with Crippen LogP contribution in [0.15, 0.2) is 0 Å². The molecule has 92 valence electrons. The van der Waals surface area contributed by atoms with Crippen LogP contribution in [-0.4, -0.2) is 35.7 Å². The van der Waals surface area contributed by atoms with Crippen molar-refractivity contribution in [1.29, 1.82) is 0 Å². The Morgan fingerprint density at radius 2 is 1.40 bits per heavy atom. The second kappa shape index (κ2) is 10.4. The number of nitrogens with zero attached hydrogens (tertiary/aromatic N) is 1. The fourth-order valence-corrected chi connectivity index (χ4v) is 1.80. The molecule has 0 fully saturated rings. The Balaban J connectivity index is 3.73. The van der Waals surface area contributed by atoms with E-state index < -0.39 is 0 Å². The van der Waals surface area contributed by atoms with Crippen LogP contribution < -0.4 is 0 Å². The molecule has 0 radical (unpaired) electrons. The van der Waals surface area contributed by atoms with E-state index in [1.54, 1.807) is 0 Å². The number of unbranched alkanes of at least 4 members (excludes halogenated alkanes) is 4. The molecule has 1 atom stereocenters. The highest BCUT2D eigenvalue weighted by molar-refractivity contribution is 4.66. The van der Waals surface area contributed by atoms with Crippen molar-refractivity contribution in [1.82, 2.24) is 4.90 Å². The van der Waals surface area contributed by atoms with Gasteiger partial charge in [0.1, 0.15) is 0 Å². The van der Waals surface area contributed by atoms with Crippen LogP contribution in [0.4, 0.5) is 0 Å². The monoisotopic (exact) mass is 215 g/mol. The molecule has 0 rings (SSSR count). The Labute approximate surface area is 95.7 Å². The molecule has 2 nitrogen and oxygen atoms in total. The van der Waals surface area contributed by atoms with E-state index in [-0.39, 0.29) is 6.61 Å². The van der Waals surface area contributed by atoms with Crippen LogP contribution in [0.5, 0.6) is 0 Å². The van der Waals surface area contributed by atoms with Gasteiger partial charge in [0.25, 0.3) is 0 Å². The Kier molecular flexibility index (Phi) is 10.4. The standard InChI is InChI=1S/C13H29NO/c1-4-6-8-10-14(13(3)12-15)11-9-7-5-2/h13,15H,4-12H2,1-3H3. The lowest BCUT2D eigenvalue weighted by molar-refractivity contribution is 0.130. The molecule has 1 N–H and O–H groups in total. The first kappa shape index (κ1) is 14.9. The van der Waals surface area contributed by atoms with E-state index in [4.69, 9.17) is 0 Å². The Morgan fingerprint density at radius 3 is 1.73 bits per heavy atom. The third kappa shape index (κ3) is 7.80. The van der Waals surface area contributed by atoms with E-state index in [0.717, 1.165) is 13.1 Å². The molecular formula is C13H29NO. The zero-order valence-electron chi connectivity index (χ0n) is 10.8. The number of hydrogen-bond acceptors (Lipinski definition) is 2. The summed E-state index contributed by atoms with van der Waals surface area (Å²) < 4.78 is 0. The van der Waals surface area contributed by atoms with Crippen molar-refractivity contribution < 1.29 is 5.11 Å². The van der Waals surface area contributed by atoms with Crippen LogP contribution >= 0.6 is 0 Å². The quantitative estimate of drug-likeness (QED) is 0.566. The topological polar surface area (TPSA) is 23.5 Å². The molecule has 0 spiro atoms. The molecule has 0 aromatic carbocycles. The molecule has 0 saturated carbocycles. The minimum absolute atomic E-state index is 0.290. The van der Waals surface area contributed by atoms with Crippen molar-refractivity contribution in [3.05, 3.63) is 0 Å². The minimum atomic E-state index is 0.290. The van der Waals surface area contributed by atoms with Crippen molar-refractivity contribution in [3.8, 4) is 0 Å². The Hall–Kier alpha value is -0.0800. The minimum Gasteiger partial charge on any atom is -0.395 e. The molecule has 0 heterocycles. The van der Waals surface area contributed by atoms with Crippen molar-refractivity contribution >= 4 is 0 Å². The first-order valence-electron chi connectivity index (χ1n) is 6.61. The van der Waals surface area contributed by atoms with Crippen LogP contribution in [0.3, 0.4) is 0 Å². The maximum Gasteiger partial charge on any atom is 0.0584 e. The smallest absolute Gasteiger partial charge is 0.0584 e. The maximum atomic E-state index is 9.18. The zero-order chi connectivity index (χ0) is 11.5. The molecule has 0 saturated heterocycles. The molecule has 1 unspecified atom stereocenters. The molecule has 0 aromatic rings. The van der Waals surface area contributed by atoms with Gasteiger partial charge in [-0.1, -0.05) is 39.5 Å². The molecule has 0 aromatic heterocycles. The highest BCUT2D eigenvalue weighted by Crippen LogP contribution is 2.06. The van der Waals surface area contributed by atoms with E-state index in [1.165, 1.54) is 38.5 Å². The van der Waals surface area contributed by atoms with Gasteiger partial charge < -0.3 is 5.11 Å². The summed E-state index contributed by atoms with van der Waals surface area (Å²) in [4.78, 5) is 2.44. The third-order valence-corrected chi connectivity index (χ3v) is 2.99. The van der Waals surface area contributed by atoms with Crippen LogP contribution in [0.1, 0.15) is 59.3 Å². The predicted molar refractivity (Wildman–Crippen MR) is 67.2 cm³/mol. The third-order valence-electron chi connectivity index (χ3n) is 2.99. The first-order chi connectivity index (χ1) is 7.26. The lowest BCUT2D eigenvalue weighted by Crippen LogP contribution is -2.37. The van der Waals surface area contributed by atoms with Gasteiger partial charge in [0.15, 0.2) is 0 Å². The summed E-state index contributed by atoms with van der Waals surface area (Å²) in [5, 5.41) is 9.18. The van der Waals surface area contributed by atoms with E-state index in [0.29, 0.717) is 6.04 Å². The summed E-state index contributed by atoms with van der Waals surface area (Å²) in [6.07, 6.45) is 7.71. The first-order valence-corrected chi connectivity index (χ1v) is 6.61. The average molecular weight is 215 g/mol. The summed E-state index contributed by atoms with van der Waals surface area (Å²) in [6, 6.07) is 0.332. The summed E-state index contributed by atoms with van der Waals surface area (Å²) in [5.41, 5.74) is 0. The van der Waals surface area contributed by atoms with Gasteiger partial charge in [-0.15, -0.1) is 0 Å². The summed E-state index contributed by atoms with van der Waals surface area (Å²) in [5.74, 6) is 0. The van der Waals surface area contributed by atoms with Gasteiger partial charge in [0.05, 0.1) is 6.61 Å². The molecule has 2 heteroatoms. The van der Waals surface area contributed by atoms with E-state index in [1.807, 2.05) is 0 Å². The Bertz CT molecular complexity index is 118. The van der Waals surface area contributed by atoms with Gasteiger partial charge in [-0.25, -0.2) is 0 Å². The average Bonchev–Trinajstić information content (AvgIpc) is 2.26. The van der Waals surface area contributed by atoms with Gasteiger partial charge >= 0.3 is 0 Å². The van der Waals surface area contributed by atoms with Crippen LogP contribution in [0.2, 0.25) is 0 Å². The second-order valence-corrected chi connectivity index (χ2v) is 4.48. The number of aliphatic hydroxyl groups excluding tert-OH is 1. The summed E-state index contributed by atoms with van der Waals surface area (Å²) >= 11 is 0. The molecule has 15 heavy (non-hydrogen) atoms. The lowest BCUT2D eigenvalue weighted by Gasteiger charge is -2.27. The normalized spacial score (nSPS) is 13.4. The second-order valence-electron chi connectivity index (χ2n) is 4.48. The molecule has 0 aliphatic carbocycles. The van der Waals surface area contributed by atoms with Crippen LogP contribution in [-0.2, 0) is 0 Å². The summed E-state index contributed by atoms with van der Waals surface area (Å²) in [6.45, 7) is 9.18. The van der Waals surface area contributed by atoms with Gasteiger partial charge in [0, 0.05) is 6.04 Å².